The monoisotopic (exact) mass is 302 g/mol. The molecule has 1 aliphatic heterocycles. The Balaban J connectivity index is 1.91. The molecule has 0 atom stereocenters. The van der Waals surface area contributed by atoms with Crippen molar-refractivity contribution in [3.05, 3.63) is 64.7 Å². The largest absolute Gasteiger partial charge is 0.326 e. The van der Waals surface area contributed by atoms with Crippen LogP contribution in [0.15, 0.2) is 47.4 Å². The average Bonchev–Trinajstić information content (AvgIpc) is 2.91. The van der Waals surface area contributed by atoms with Crippen LogP contribution in [0.3, 0.4) is 0 Å². The molecule has 3 rings (SSSR count). The molecule has 110 valence electrons. The fraction of sp³-hybridized carbons (Fsp3) is 0.250. The van der Waals surface area contributed by atoms with Gasteiger partial charge in [0.25, 0.3) is 0 Å². The van der Waals surface area contributed by atoms with Crippen molar-refractivity contribution in [2.24, 2.45) is 5.73 Å². The lowest BCUT2D eigenvalue weighted by Crippen LogP contribution is -2.25. The van der Waals surface area contributed by atoms with E-state index in [9.17, 15) is 8.42 Å². The normalized spacial score (nSPS) is 15.1. The van der Waals surface area contributed by atoms with Gasteiger partial charge in [0.2, 0.25) is 10.0 Å². The van der Waals surface area contributed by atoms with E-state index in [1.807, 2.05) is 37.3 Å². The van der Waals surface area contributed by atoms with Crippen LogP contribution >= 0.6 is 0 Å². The van der Waals surface area contributed by atoms with Gasteiger partial charge in [-0.25, -0.2) is 8.42 Å². The van der Waals surface area contributed by atoms with Gasteiger partial charge in [-0.3, -0.25) is 0 Å². The van der Waals surface area contributed by atoms with Gasteiger partial charge in [0, 0.05) is 19.6 Å². The van der Waals surface area contributed by atoms with Crippen molar-refractivity contribution >= 4 is 10.0 Å². The molecule has 21 heavy (non-hydrogen) atoms. The van der Waals surface area contributed by atoms with Crippen molar-refractivity contribution in [2.45, 2.75) is 31.5 Å². The third-order valence-corrected chi connectivity index (χ3v) is 5.66. The SMILES string of the molecule is Cc1ccc(S(=O)(=O)N2Cc3ccc(CN)cc3C2)cc1. The summed E-state index contributed by atoms with van der Waals surface area (Å²) >= 11 is 0. The number of hydrogen-bond acceptors (Lipinski definition) is 3. The lowest BCUT2D eigenvalue weighted by Gasteiger charge is -2.15. The number of aryl methyl sites for hydroxylation is 1. The maximum atomic E-state index is 12.7. The van der Waals surface area contributed by atoms with Crippen LogP contribution in [0.1, 0.15) is 22.3 Å². The van der Waals surface area contributed by atoms with E-state index in [-0.39, 0.29) is 0 Å². The quantitative estimate of drug-likeness (QED) is 0.945. The molecule has 1 aliphatic rings. The van der Waals surface area contributed by atoms with Crippen molar-refractivity contribution in [3.63, 3.8) is 0 Å². The molecule has 0 spiro atoms. The minimum atomic E-state index is -3.44. The first-order valence-corrected chi connectivity index (χ1v) is 8.32. The molecular formula is C16H18N2O2S. The Hall–Kier alpha value is -1.69. The summed E-state index contributed by atoms with van der Waals surface area (Å²) in [6.07, 6.45) is 0. The van der Waals surface area contributed by atoms with Gasteiger partial charge in [-0.05, 0) is 35.7 Å². The van der Waals surface area contributed by atoms with E-state index in [1.165, 1.54) is 4.31 Å². The Morgan fingerprint density at radius 1 is 1.05 bits per heavy atom. The summed E-state index contributed by atoms with van der Waals surface area (Å²) in [6, 6.07) is 12.9. The fourth-order valence-electron chi connectivity index (χ4n) is 2.57. The van der Waals surface area contributed by atoms with Crippen molar-refractivity contribution in [3.8, 4) is 0 Å². The molecule has 0 amide bonds. The second kappa shape index (κ2) is 5.26. The predicted octanol–water partition coefficient (Wildman–Crippen LogP) is 2.16. The van der Waals surface area contributed by atoms with Gasteiger partial charge in [-0.15, -0.1) is 0 Å². The smallest absolute Gasteiger partial charge is 0.243 e. The number of fused-ring (bicyclic) bond motifs is 1. The van der Waals surface area contributed by atoms with Gasteiger partial charge in [0.15, 0.2) is 0 Å². The zero-order valence-electron chi connectivity index (χ0n) is 11.9. The molecule has 0 saturated carbocycles. The van der Waals surface area contributed by atoms with Crippen LogP contribution in [0.4, 0.5) is 0 Å². The van der Waals surface area contributed by atoms with E-state index in [2.05, 4.69) is 0 Å². The van der Waals surface area contributed by atoms with E-state index >= 15 is 0 Å². The topological polar surface area (TPSA) is 63.4 Å². The van der Waals surface area contributed by atoms with Crippen LogP contribution < -0.4 is 5.73 Å². The first-order chi connectivity index (χ1) is 10.0. The summed E-state index contributed by atoms with van der Waals surface area (Å²) < 4.78 is 26.9. The molecule has 0 aliphatic carbocycles. The second-order valence-corrected chi connectivity index (χ2v) is 7.33. The first-order valence-electron chi connectivity index (χ1n) is 6.88. The molecule has 1 heterocycles. The first kappa shape index (κ1) is 14.3. The minimum Gasteiger partial charge on any atom is -0.326 e. The van der Waals surface area contributed by atoms with Crippen molar-refractivity contribution in [2.75, 3.05) is 0 Å². The van der Waals surface area contributed by atoms with E-state index < -0.39 is 10.0 Å². The van der Waals surface area contributed by atoms with Gasteiger partial charge < -0.3 is 5.73 Å². The third kappa shape index (κ3) is 2.60. The van der Waals surface area contributed by atoms with Crippen LogP contribution in [0.25, 0.3) is 0 Å². The molecule has 2 aromatic carbocycles. The zero-order valence-corrected chi connectivity index (χ0v) is 12.7. The molecule has 4 nitrogen and oxygen atoms in total. The Morgan fingerprint density at radius 2 is 1.71 bits per heavy atom. The molecule has 0 aromatic heterocycles. The number of hydrogen-bond donors (Lipinski definition) is 1. The Morgan fingerprint density at radius 3 is 2.38 bits per heavy atom. The molecule has 0 bridgehead atoms. The average molecular weight is 302 g/mol. The van der Waals surface area contributed by atoms with Crippen molar-refractivity contribution in [1.29, 1.82) is 0 Å². The fourth-order valence-corrected chi connectivity index (χ4v) is 3.97. The summed E-state index contributed by atoms with van der Waals surface area (Å²) in [5.41, 5.74) is 9.82. The molecule has 0 saturated heterocycles. The highest BCUT2D eigenvalue weighted by Crippen LogP contribution is 2.29. The molecule has 2 N–H and O–H groups in total. The third-order valence-electron chi connectivity index (χ3n) is 3.86. The number of nitrogens with zero attached hydrogens (tertiary/aromatic N) is 1. The van der Waals surface area contributed by atoms with Gasteiger partial charge in [0.05, 0.1) is 4.90 Å². The van der Waals surface area contributed by atoms with Gasteiger partial charge in [-0.1, -0.05) is 35.9 Å². The zero-order chi connectivity index (χ0) is 15.0. The van der Waals surface area contributed by atoms with Crippen LogP contribution in [0, 0.1) is 6.92 Å². The standard InChI is InChI=1S/C16H18N2O2S/c1-12-2-6-16(7-3-12)21(19,20)18-10-14-5-4-13(9-17)8-15(14)11-18/h2-8H,9-11,17H2,1H3. The number of sulfonamides is 1. The van der Waals surface area contributed by atoms with Crippen LogP contribution in [-0.4, -0.2) is 12.7 Å². The maximum absolute atomic E-state index is 12.7. The highest BCUT2D eigenvalue weighted by Gasteiger charge is 2.30. The van der Waals surface area contributed by atoms with E-state index in [0.717, 1.165) is 22.3 Å². The van der Waals surface area contributed by atoms with Crippen LogP contribution in [0.5, 0.6) is 0 Å². The Bertz CT molecular complexity index is 767. The molecule has 5 heteroatoms. The molecule has 0 unspecified atom stereocenters. The maximum Gasteiger partial charge on any atom is 0.243 e. The van der Waals surface area contributed by atoms with Crippen molar-refractivity contribution < 1.29 is 8.42 Å². The van der Waals surface area contributed by atoms with E-state index in [1.54, 1.807) is 12.1 Å². The lowest BCUT2D eigenvalue weighted by atomic mass is 10.1. The summed E-state index contributed by atoms with van der Waals surface area (Å²) in [5.74, 6) is 0. The summed E-state index contributed by atoms with van der Waals surface area (Å²) in [5, 5.41) is 0. The Labute approximate surface area is 125 Å². The van der Waals surface area contributed by atoms with E-state index in [4.69, 9.17) is 5.73 Å². The van der Waals surface area contributed by atoms with Gasteiger partial charge in [-0.2, -0.15) is 4.31 Å². The second-order valence-electron chi connectivity index (χ2n) is 5.39. The molecule has 0 radical (unpaired) electrons. The lowest BCUT2D eigenvalue weighted by molar-refractivity contribution is 0.431. The van der Waals surface area contributed by atoms with Gasteiger partial charge >= 0.3 is 0 Å². The highest BCUT2D eigenvalue weighted by atomic mass is 32.2. The van der Waals surface area contributed by atoms with E-state index in [0.29, 0.717) is 24.5 Å². The summed E-state index contributed by atoms with van der Waals surface area (Å²) in [7, 11) is -3.44. The highest BCUT2D eigenvalue weighted by molar-refractivity contribution is 7.89. The van der Waals surface area contributed by atoms with Crippen LogP contribution in [0.2, 0.25) is 0 Å². The van der Waals surface area contributed by atoms with Gasteiger partial charge in [0.1, 0.15) is 0 Å². The summed E-state index contributed by atoms with van der Waals surface area (Å²) in [6.45, 7) is 3.25. The summed E-state index contributed by atoms with van der Waals surface area (Å²) in [4.78, 5) is 0.347. The predicted molar refractivity (Wildman–Crippen MR) is 81.9 cm³/mol. The van der Waals surface area contributed by atoms with Crippen molar-refractivity contribution in [1.82, 2.24) is 4.31 Å². The Kier molecular flexibility index (Phi) is 3.57. The molecular weight excluding hydrogens is 284 g/mol. The minimum absolute atomic E-state index is 0.347. The number of rotatable bonds is 3. The van der Waals surface area contributed by atoms with Crippen LogP contribution in [-0.2, 0) is 29.7 Å². The number of benzene rings is 2. The molecule has 0 fully saturated rings. The molecule has 2 aromatic rings. The number of nitrogens with two attached hydrogens (primary N) is 1.